The molecule has 4 atom stereocenters. The van der Waals surface area contributed by atoms with E-state index in [1.165, 1.54) is 26.0 Å². The van der Waals surface area contributed by atoms with Crippen LogP contribution in [-0.4, -0.2) is 70.4 Å². The van der Waals surface area contributed by atoms with Gasteiger partial charge in [0, 0.05) is 20.1 Å². The van der Waals surface area contributed by atoms with Gasteiger partial charge in [-0.25, -0.2) is 4.31 Å². The molecule has 2 aliphatic rings. The van der Waals surface area contributed by atoms with Gasteiger partial charge in [0.25, 0.3) is 0 Å². The van der Waals surface area contributed by atoms with Gasteiger partial charge < -0.3 is 14.8 Å². The second kappa shape index (κ2) is 8.09. The Hall–Kier alpha value is -1.45. The first-order valence-electron chi connectivity index (χ1n) is 7.96. The first kappa shape index (κ1) is 18.9. The summed E-state index contributed by atoms with van der Waals surface area (Å²) < 4.78 is 6.82. The van der Waals surface area contributed by atoms with E-state index in [4.69, 9.17) is 4.74 Å². The highest BCUT2D eigenvalue weighted by molar-refractivity contribution is 7.98. The van der Waals surface area contributed by atoms with Gasteiger partial charge in [0.1, 0.15) is 23.8 Å². The minimum Gasteiger partial charge on any atom is -0.362 e. The number of carbonyl (C=O) groups excluding carboxylic acids is 4. The summed E-state index contributed by atoms with van der Waals surface area (Å²) in [7, 11) is 1.45. The number of aldehydes is 1. The van der Waals surface area contributed by atoms with Crippen LogP contribution in [0.1, 0.15) is 33.1 Å². The molecule has 0 radical (unpaired) electrons. The van der Waals surface area contributed by atoms with Gasteiger partial charge in [0.05, 0.1) is 6.04 Å². The van der Waals surface area contributed by atoms with Crippen molar-refractivity contribution in [3.8, 4) is 0 Å². The number of carbonyl (C=O) groups is 4. The van der Waals surface area contributed by atoms with Crippen LogP contribution in [-0.2, 0) is 23.9 Å². The van der Waals surface area contributed by atoms with Gasteiger partial charge in [0.2, 0.25) is 17.7 Å². The largest absolute Gasteiger partial charge is 0.362 e. The molecule has 2 heterocycles. The van der Waals surface area contributed by atoms with E-state index in [9.17, 15) is 19.2 Å². The van der Waals surface area contributed by atoms with Gasteiger partial charge in [-0.15, -0.1) is 0 Å². The van der Waals surface area contributed by atoms with E-state index in [2.05, 4.69) is 5.32 Å². The number of imide groups is 1. The molecule has 8 nitrogen and oxygen atoms in total. The fraction of sp³-hybridized carbons (Fsp3) is 0.733. The van der Waals surface area contributed by atoms with E-state index in [0.29, 0.717) is 6.54 Å². The van der Waals surface area contributed by atoms with E-state index >= 15 is 0 Å². The molecule has 0 aromatic rings. The number of ether oxygens (including phenoxy) is 1. The normalized spacial score (nSPS) is 27.4. The first-order chi connectivity index (χ1) is 11.4. The van der Waals surface area contributed by atoms with Crippen LogP contribution in [0.2, 0.25) is 0 Å². The van der Waals surface area contributed by atoms with Crippen LogP contribution in [0, 0.1) is 0 Å². The van der Waals surface area contributed by atoms with Crippen molar-refractivity contribution in [1.29, 1.82) is 0 Å². The Morgan fingerprint density at radius 2 is 2.12 bits per heavy atom. The molecule has 134 valence electrons. The van der Waals surface area contributed by atoms with Crippen molar-refractivity contribution in [2.24, 2.45) is 0 Å². The minimum atomic E-state index is -0.895. The van der Waals surface area contributed by atoms with Crippen LogP contribution < -0.4 is 5.32 Å². The lowest BCUT2D eigenvalue weighted by Crippen LogP contribution is -2.50. The van der Waals surface area contributed by atoms with Crippen molar-refractivity contribution in [2.75, 3.05) is 13.7 Å². The fourth-order valence-corrected chi connectivity index (χ4v) is 4.10. The van der Waals surface area contributed by atoms with E-state index in [0.717, 1.165) is 24.0 Å². The zero-order valence-corrected chi connectivity index (χ0v) is 14.9. The second-order valence-corrected chi connectivity index (χ2v) is 7.20. The number of nitrogens with one attached hydrogen (secondary N) is 1. The summed E-state index contributed by atoms with van der Waals surface area (Å²) in [6, 6.07) is -1.11. The molecule has 2 rings (SSSR count). The van der Waals surface area contributed by atoms with E-state index in [-0.39, 0.29) is 24.3 Å². The maximum atomic E-state index is 12.6. The number of likely N-dealkylation sites (tertiary alicyclic amines) is 1. The molecule has 2 fully saturated rings. The van der Waals surface area contributed by atoms with Crippen molar-refractivity contribution in [2.45, 2.75) is 56.7 Å². The Bertz CT molecular complexity index is 529. The molecule has 0 aromatic heterocycles. The lowest BCUT2D eigenvalue weighted by atomic mass is 10.2. The molecule has 3 amide bonds. The SMILES string of the molecule is COC(C)NC(=O)C(C)N1C(=O)CC(SN2CCC[C@H]2C=O)C1=O. The molecule has 2 saturated heterocycles. The average Bonchev–Trinajstić information content (AvgIpc) is 3.11. The summed E-state index contributed by atoms with van der Waals surface area (Å²) in [6.45, 7) is 3.89. The third-order valence-corrected chi connectivity index (χ3v) is 5.62. The summed E-state index contributed by atoms with van der Waals surface area (Å²) in [5.74, 6) is -1.19. The molecule has 3 unspecified atom stereocenters. The third-order valence-electron chi connectivity index (χ3n) is 4.28. The smallest absolute Gasteiger partial charge is 0.244 e. The molecule has 0 saturated carbocycles. The predicted octanol–water partition coefficient (Wildman–Crippen LogP) is -0.0775. The highest BCUT2D eigenvalue weighted by Gasteiger charge is 2.45. The Morgan fingerprint density at radius 1 is 1.42 bits per heavy atom. The summed E-state index contributed by atoms with van der Waals surface area (Å²) in [5, 5.41) is 2.00. The zero-order chi connectivity index (χ0) is 17.9. The standard InChI is InChI=1S/C15H23N3O5S/c1-9(14(21)16-10(2)23-3)18-13(20)7-12(15(18)22)24-17-6-4-5-11(17)8-19/h8-12H,4-7H2,1-3H3,(H,16,21)/t9?,10?,11-,12?/m0/s1. The summed E-state index contributed by atoms with van der Waals surface area (Å²) in [5.41, 5.74) is 0. The van der Waals surface area contributed by atoms with Crippen LogP contribution in [0.4, 0.5) is 0 Å². The van der Waals surface area contributed by atoms with Crippen LogP contribution in [0.15, 0.2) is 0 Å². The Balaban J connectivity index is 2.00. The highest BCUT2D eigenvalue weighted by atomic mass is 32.2. The minimum absolute atomic E-state index is 0.0447. The maximum Gasteiger partial charge on any atom is 0.244 e. The van der Waals surface area contributed by atoms with Crippen molar-refractivity contribution >= 4 is 36.0 Å². The molecule has 24 heavy (non-hydrogen) atoms. The number of amides is 3. The number of nitrogens with zero attached hydrogens (tertiary/aromatic N) is 2. The van der Waals surface area contributed by atoms with Crippen molar-refractivity contribution in [3.63, 3.8) is 0 Å². The van der Waals surface area contributed by atoms with Gasteiger partial charge in [-0.2, -0.15) is 0 Å². The molecular weight excluding hydrogens is 334 g/mol. The lowest BCUT2D eigenvalue weighted by Gasteiger charge is -2.25. The number of rotatable bonds is 7. The third kappa shape index (κ3) is 3.96. The monoisotopic (exact) mass is 357 g/mol. The molecule has 9 heteroatoms. The quantitative estimate of drug-likeness (QED) is 0.295. The molecule has 1 N–H and O–H groups in total. The Morgan fingerprint density at radius 3 is 2.75 bits per heavy atom. The Kier molecular flexibility index (Phi) is 6.36. The molecule has 0 bridgehead atoms. The van der Waals surface area contributed by atoms with E-state index < -0.39 is 23.4 Å². The average molecular weight is 357 g/mol. The number of hydrogen-bond donors (Lipinski definition) is 1. The van der Waals surface area contributed by atoms with Gasteiger partial charge in [0.15, 0.2) is 0 Å². The molecule has 0 aliphatic carbocycles. The van der Waals surface area contributed by atoms with Gasteiger partial charge in [-0.3, -0.25) is 19.3 Å². The van der Waals surface area contributed by atoms with Gasteiger partial charge in [-0.05, 0) is 26.7 Å². The summed E-state index contributed by atoms with van der Waals surface area (Å²) in [4.78, 5) is 49.0. The van der Waals surface area contributed by atoms with Crippen molar-refractivity contribution < 1.29 is 23.9 Å². The van der Waals surface area contributed by atoms with Crippen molar-refractivity contribution in [3.05, 3.63) is 0 Å². The highest BCUT2D eigenvalue weighted by Crippen LogP contribution is 2.33. The summed E-state index contributed by atoms with van der Waals surface area (Å²) >= 11 is 1.24. The van der Waals surface area contributed by atoms with Crippen LogP contribution >= 0.6 is 11.9 Å². The number of methoxy groups -OCH3 is 1. The molecular formula is C15H23N3O5S. The van der Waals surface area contributed by atoms with Gasteiger partial charge >= 0.3 is 0 Å². The van der Waals surface area contributed by atoms with Crippen LogP contribution in [0.5, 0.6) is 0 Å². The lowest BCUT2D eigenvalue weighted by molar-refractivity contribution is -0.147. The fourth-order valence-electron chi connectivity index (χ4n) is 2.80. The van der Waals surface area contributed by atoms with E-state index in [1.807, 2.05) is 4.31 Å². The molecule has 0 aromatic carbocycles. The predicted molar refractivity (Wildman–Crippen MR) is 87.7 cm³/mol. The van der Waals surface area contributed by atoms with Crippen LogP contribution in [0.25, 0.3) is 0 Å². The molecule has 2 aliphatic heterocycles. The van der Waals surface area contributed by atoms with Gasteiger partial charge in [-0.1, -0.05) is 11.9 Å². The second-order valence-electron chi connectivity index (χ2n) is 5.95. The van der Waals surface area contributed by atoms with Crippen molar-refractivity contribution in [1.82, 2.24) is 14.5 Å². The molecule has 0 spiro atoms. The first-order valence-corrected chi connectivity index (χ1v) is 8.80. The van der Waals surface area contributed by atoms with E-state index in [1.54, 1.807) is 6.92 Å². The zero-order valence-electron chi connectivity index (χ0n) is 14.1. The Labute approximate surface area is 145 Å². The number of hydrogen-bond acceptors (Lipinski definition) is 7. The topological polar surface area (TPSA) is 96.0 Å². The maximum absolute atomic E-state index is 12.6. The summed E-state index contributed by atoms with van der Waals surface area (Å²) in [6.07, 6.45) is 2.08. The van der Waals surface area contributed by atoms with Crippen LogP contribution in [0.3, 0.4) is 0 Å².